The summed E-state index contributed by atoms with van der Waals surface area (Å²) in [5.41, 5.74) is 17.2. The number of aromatic nitrogens is 3. The quantitative estimate of drug-likeness (QED) is 0.154. The van der Waals surface area contributed by atoms with Gasteiger partial charge in [0.2, 0.25) is 0 Å². The molecule has 0 saturated heterocycles. The number of pyridine rings is 1. The van der Waals surface area contributed by atoms with Crippen molar-refractivity contribution in [3.8, 4) is 78.6 Å². The van der Waals surface area contributed by atoms with E-state index in [1.54, 1.807) is 0 Å². The maximum atomic E-state index is 11.7. The number of hydrogen-bond donors (Lipinski definition) is 1. The Hall–Kier alpha value is -6.35. The minimum atomic E-state index is -0.672. The Bertz CT molecular complexity index is 3000. The number of aromatic hydroxyl groups is 1. The number of nitrogens with zero attached hydrogens (tertiary/aromatic N) is 3. The molecule has 9 aromatic rings. The van der Waals surface area contributed by atoms with E-state index in [1.807, 2.05) is 69.4 Å². The van der Waals surface area contributed by atoms with Crippen LogP contribution in [-0.4, -0.2) is 19.6 Å². The van der Waals surface area contributed by atoms with Gasteiger partial charge in [0, 0.05) is 39.9 Å². The van der Waals surface area contributed by atoms with Crippen molar-refractivity contribution in [2.24, 2.45) is 0 Å². The van der Waals surface area contributed by atoms with Crippen molar-refractivity contribution < 1.29 is 27.5 Å². The van der Waals surface area contributed by atoms with Gasteiger partial charge in [0.05, 0.1) is 22.3 Å². The molecule has 0 bridgehead atoms. The van der Waals surface area contributed by atoms with Crippen LogP contribution in [0.3, 0.4) is 0 Å². The molecule has 0 aliphatic heterocycles. The Labute approximate surface area is 362 Å². The molecular weight excluding hydrogens is 902 g/mol. The third-order valence-electron chi connectivity index (χ3n) is 10.9. The fourth-order valence-electron chi connectivity index (χ4n) is 7.97. The van der Waals surface area contributed by atoms with E-state index in [0.717, 1.165) is 94.7 Å². The van der Waals surface area contributed by atoms with Crippen molar-refractivity contribution in [3.63, 3.8) is 0 Å². The van der Waals surface area contributed by atoms with Crippen LogP contribution in [0.2, 0.25) is 0 Å². The summed E-state index contributed by atoms with van der Waals surface area (Å²) in [6.45, 7) is 9.92. The van der Waals surface area contributed by atoms with Gasteiger partial charge in [0.25, 0.3) is 0 Å². The summed E-state index contributed by atoms with van der Waals surface area (Å²) in [5.74, 6) is 0.200. The van der Waals surface area contributed by atoms with Gasteiger partial charge < -0.3 is 5.11 Å². The fraction of sp³-hybridized carbons (Fsp3) is 0.111. The van der Waals surface area contributed by atoms with Gasteiger partial charge in [-0.15, -0.1) is 23.8 Å². The van der Waals surface area contributed by atoms with E-state index in [-0.39, 0.29) is 26.8 Å². The molecule has 5 heteroatoms. The number of rotatable bonds is 8. The van der Waals surface area contributed by atoms with E-state index in [0.29, 0.717) is 11.4 Å². The van der Waals surface area contributed by atoms with Gasteiger partial charge in [0.15, 0.2) is 0 Å². The molecule has 0 atom stereocenters. The Morgan fingerprint density at radius 1 is 0.593 bits per heavy atom. The van der Waals surface area contributed by atoms with Crippen molar-refractivity contribution in [1.29, 1.82) is 0 Å². The molecule has 0 spiro atoms. The first kappa shape index (κ1) is 38.2. The average Bonchev–Trinajstić information content (AvgIpc) is 3.64. The zero-order chi connectivity index (χ0) is 40.8. The Balaban J connectivity index is 0.00000499. The van der Waals surface area contributed by atoms with E-state index in [1.165, 1.54) is 0 Å². The third kappa shape index (κ3) is 7.69. The third-order valence-corrected chi connectivity index (χ3v) is 10.9. The minimum Gasteiger partial charge on any atom is -0.507 e. The Morgan fingerprint density at radius 3 is 2.00 bits per heavy atom. The summed E-state index contributed by atoms with van der Waals surface area (Å²) in [4.78, 5) is 10.4. The topological polar surface area (TPSA) is 50.9 Å². The standard InChI is InChI=1S/C54H44N3O.Pt/c1-34(2)38-20-22-40(23-21-38)42-25-26-55-49(33-42)45-31-43(39-13-8-6-9-14-39)30-44(32-45)46-17-12-18-51-52(46)56-54(48-29-36(4)27-37(5)53(48)58)57(51)50-24-19-35(3)28-47(50)41-15-10-7-11-16-41;/h6-31,33-34,58H,1-5H3;/q-1;/i34D;. The minimum absolute atomic E-state index is 0. The van der Waals surface area contributed by atoms with Crippen LogP contribution in [-0.2, 0) is 21.1 Å². The molecule has 59 heavy (non-hydrogen) atoms. The summed E-state index contributed by atoms with van der Waals surface area (Å²) in [7, 11) is 0. The number of fused-ring (bicyclic) bond motifs is 1. The van der Waals surface area contributed by atoms with Gasteiger partial charge in [-0.3, -0.25) is 9.55 Å². The molecular formula is C54H44N3OPt-. The first-order chi connectivity index (χ1) is 28.5. The van der Waals surface area contributed by atoms with Crippen molar-refractivity contribution in [1.82, 2.24) is 14.5 Å². The van der Waals surface area contributed by atoms with Gasteiger partial charge in [-0.05, 0) is 95.9 Å². The van der Waals surface area contributed by atoms with Crippen LogP contribution in [0, 0.1) is 26.8 Å². The van der Waals surface area contributed by atoms with E-state index < -0.39 is 5.89 Å². The molecule has 4 nitrogen and oxygen atoms in total. The fourth-order valence-corrected chi connectivity index (χ4v) is 7.97. The zero-order valence-corrected chi connectivity index (χ0v) is 36.0. The number of phenols is 1. The predicted octanol–water partition coefficient (Wildman–Crippen LogP) is 14.0. The number of para-hydroxylation sites is 1. The normalized spacial score (nSPS) is 11.6. The van der Waals surface area contributed by atoms with Crippen LogP contribution in [0.15, 0.2) is 164 Å². The first-order valence-corrected chi connectivity index (χ1v) is 19.7. The van der Waals surface area contributed by atoms with Gasteiger partial charge in [-0.25, -0.2) is 4.98 Å². The number of imidazole rings is 1. The van der Waals surface area contributed by atoms with Gasteiger partial charge >= 0.3 is 0 Å². The van der Waals surface area contributed by atoms with Crippen molar-refractivity contribution in [3.05, 3.63) is 192 Å². The van der Waals surface area contributed by atoms with Crippen molar-refractivity contribution in [2.75, 3.05) is 0 Å². The van der Waals surface area contributed by atoms with Crippen molar-refractivity contribution >= 4 is 11.0 Å². The van der Waals surface area contributed by atoms with Crippen LogP contribution in [0.4, 0.5) is 0 Å². The Morgan fingerprint density at radius 2 is 1.27 bits per heavy atom. The van der Waals surface area contributed by atoms with Gasteiger partial charge in [-0.1, -0.05) is 151 Å². The first-order valence-electron chi connectivity index (χ1n) is 20.2. The summed E-state index contributed by atoms with van der Waals surface area (Å²) in [6.07, 6.45) is 1.85. The summed E-state index contributed by atoms with van der Waals surface area (Å²) in [6, 6.07) is 58.2. The summed E-state index contributed by atoms with van der Waals surface area (Å²) < 4.78 is 10.7. The van der Waals surface area contributed by atoms with Crippen LogP contribution in [0.1, 0.15) is 43.4 Å². The molecule has 0 saturated carbocycles. The summed E-state index contributed by atoms with van der Waals surface area (Å²) >= 11 is 0. The van der Waals surface area contributed by atoms with Gasteiger partial charge in [-0.2, -0.15) is 0 Å². The smallest absolute Gasteiger partial charge is 0.148 e. The molecule has 0 amide bonds. The number of benzene rings is 7. The van der Waals surface area contributed by atoms with E-state index in [4.69, 9.17) is 11.3 Å². The van der Waals surface area contributed by atoms with E-state index >= 15 is 0 Å². The molecule has 1 N–H and O–H groups in total. The maximum Gasteiger partial charge on any atom is 0.148 e. The zero-order valence-electron chi connectivity index (χ0n) is 34.7. The van der Waals surface area contributed by atoms with E-state index in [2.05, 4.69) is 140 Å². The van der Waals surface area contributed by atoms with E-state index in [9.17, 15) is 5.11 Å². The number of aryl methyl sites for hydroxylation is 3. The molecule has 0 unspecified atom stereocenters. The monoisotopic (exact) mass is 946 g/mol. The second-order valence-electron chi connectivity index (χ2n) is 15.4. The maximum absolute atomic E-state index is 11.7. The van der Waals surface area contributed by atoms with Crippen LogP contribution < -0.4 is 0 Å². The SMILES string of the molecule is [2H]C(C)(C)c1ccc(-c2ccnc(-c3[c-]c(-c4cccc5c4nc(-c4cc(C)cc(C)c4O)n5-c4ccc(C)cc4-c4ccccc4)cc(-c4ccccc4)c3)c2)cc1.[Pt]. The summed E-state index contributed by atoms with van der Waals surface area (Å²) in [5, 5.41) is 11.7. The molecule has 292 valence electrons. The van der Waals surface area contributed by atoms with Crippen LogP contribution in [0.25, 0.3) is 83.9 Å². The molecule has 9 rings (SSSR count). The molecule has 7 aromatic carbocycles. The second-order valence-corrected chi connectivity index (χ2v) is 15.4. The largest absolute Gasteiger partial charge is 0.507 e. The van der Waals surface area contributed by atoms with Crippen molar-refractivity contribution in [2.45, 2.75) is 40.5 Å². The van der Waals surface area contributed by atoms with Gasteiger partial charge in [0.1, 0.15) is 11.6 Å². The van der Waals surface area contributed by atoms with Crippen LogP contribution in [0.5, 0.6) is 5.75 Å². The number of phenolic OH excluding ortho intramolecular Hbond substituents is 1. The Kier molecular flexibility index (Phi) is 10.7. The number of hydrogen-bond acceptors (Lipinski definition) is 3. The molecule has 2 aromatic heterocycles. The van der Waals surface area contributed by atoms with Crippen LogP contribution >= 0.6 is 0 Å². The molecule has 2 heterocycles. The molecule has 0 radical (unpaired) electrons. The molecule has 0 aliphatic carbocycles. The second kappa shape index (κ2) is 16.5. The molecule has 0 fully saturated rings. The average molecular weight is 947 g/mol. The molecule has 0 aliphatic rings. The predicted molar refractivity (Wildman–Crippen MR) is 240 cm³/mol.